The average molecular weight is 657 g/mol. The van der Waals surface area contributed by atoms with Crippen molar-refractivity contribution in [3.8, 4) is 0 Å². The third kappa shape index (κ3) is 6.33. The van der Waals surface area contributed by atoms with Crippen LogP contribution in [0.1, 0.15) is 41.5 Å². The minimum Gasteiger partial charge on any atom is -0.405 e. The Hall–Kier alpha value is -2.93. The Bertz CT molecular complexity index is 1440. The molecule has 1 aliphatic heterocycles. The molecule has 1 fully saturated rings. The molecule has 0 amide bonds. The zero-order valence-corrected chi connectivity index (χ0v) is 29.7. The summed E-state index contributed by atoms with van der Waals surface area (Å²) in [6, 6.07) is 40.4. The molecule has 5 atom stereocenters. The van der Waals surface area contributed by atoms with Crippen molar-refractivity contribution >= 4 is 37.4 Å². The summed E-state index contributed by atoms with van der Waals surface area (Å²) in [7, 11) is -6.12. The maximum absolute atomic E-state index is 11.7. The van der Waals surface area contributed by atoms with Crippen molar-refractivity contribution in [3.63, 3.8) is 0 Å². The van der Waals surface area contributed by atoms with Crippen molar-refractivity contribution < 1.29 is 28.9 Å². The summed E-state index contributed by atoms with van der Waals surface area (Å²) in [5.41, 5.74) is 0. The van der Waals surface area contributed by atoms with Gasteiger partial charge in [-0.25, -0.2) is 0 Å². The van der Waals surface area contributed by atoms with Gasteiger partial charge in [-0.15, -0.1) is 0 Å². The smallest absolute Gasteiger partial charge is 0.261 e. The standard InChI is InChI=1S/C38H48O6Si2/c1-37(2,3)45(28-19-11-7-12-20-28,29-21-13-8-14-22-29)42-27-32-33(39)34(40)35(36(41)43-32)44-46(38(4,5)6,30-23-15-9-16-24-30)31-25-17-10-18-26-31/h7-26,32-36,39-41H,27H2,1-6H3/t32-,33-,34+,35-,36+/m1/s1. The molecule has 0 aromatic heterocycles. The Morgan fingerprint density at radius 3 is 1.24 bits per heavy atom. The van der Waals surface area contributed by atoms with E-state index in [9.17, 15) is 15.3 Å². The summed E-state index contributed by atoms with van der Waals surface area (Å²) in [5, 5.41) is 38.3. The van der Waals surface area contributed by atoms with Crippen LogP contribution in [0.4, 0.5) is 0 Å². The van der Waals surface area contributed by atoms with Crippen molar-refractivity contribution in [2.75, 3.05) is 6.61 Å². The Labute approximate surface area is 275 Å². The predicted molar refractivity (Wildman–Crippen MR) is 189 cm³/mol. The zero-order valence-electron chi connectivity index (χ0n) is 27.7. The minimum absolute atomic E-state index is 0.0193. The van der Waals surface area contributed by atoms with Crippen LogP contribution in [0, 0.1) is 0 Å². The lowest BCUT2D eigenvalue weighted by Gasteiger charge is -2.50. The van der Waals surface area contributed by atoms with Gasteiger partial charge in [0.05, 0.1) is 6.61 Å². The number of hydrogen-bond acceptors (Lipinski definition) is 6. The van der Waals surface area contributed by atoms with Gasteiger partial charge in [-0.1, -0.05) is 163 Å². The molecule has 1 aliphatic rings. The van der Waals surface area contributed by atoms with Crippen LogP contribution in [-0.4, -0.2) is 69.3 Å². The molecule has 244 valence electrons. The summed E-state index contributed by atoms with van der Waals surface area (Å²) < 4.78 is 20.2. The molecule has 0 bridgehead atoms. The maximum atomic E-state index is 11.7. The van der Waals surface area contributed by atoms with E-state index in [1.165, 1.54) is 0 Å². The van der Waals surface area contributed by atoms with Gasteiger partial charge in [-0.2, -0.15) is 0 Å². The van der Waals surface area contributed by atoms with E-state index in [0.29, 0.717) is 0 Å². The summed E-state index contributed by atoms with van der Waals surface area (Å²) >= 11 is 0. The third-order valence-corrected chi connectivity index (χ3v) is 19.3. The second-order valence-corrected chi connectivity index (χ2v) is 22.8. The van der Waals surface area contributed by atoms with Crippen LogP contribution < -0.4 is 20.7 Å². The Morgan fingerprint density at radius 2 is 0.891 bits per heavy atom. The van der Waals surface area contributed by atoms with Gasteiger partial charge in [0.25, 0.3) is 16.6 Å². The molecule has 4 aromatic carbocycles. The molecule has 46 heavy (non-hydrogen) atoms. The van der Waals surface area contributed by atoms with Crippen molar-refractivity contribution in [2.45, 2.75) is 82.3 Å². The van der Waals surface area contributed by atoms with Crippen LogP contribution in [0.2, 0.25) is 10.1 Å². The molecule has 0 spiro atoms. The highest BCUT2D eigenvalue weighted by Crippen LogP contribution is 2.40. The van der Waals surface area contributed by atoms with Gasteiger partial charge >= 0.3 is 0 Å². The van der Waals surface area contributed by atoms with Crippen LogP contribution in [-0.2, 0) is 13.6 Å². The molecule has 1 saturated heterocycles. The minimum atomic E-state index is -3.17. The number of hydrogen-bond donors (Lipinski definition) is 3. The Balaban J connectivity index is 1.48. The van der Waals surface area contributed by atoms with E-state index in [0.717, 1.165) is 20.7 Å². The average Bonchev–Trinajstić information content (AvgIpc) is 3.04. The second-order valence-electron chi connectivity index (χ2n) is 14.3. The van der Waals surface area contributed by atoms with Crippen LogP contribution in [0.5, 0.6) is 0 Å². The lowest BCUT2D eigenvalue weighted by Crippen LogP contribution is -2.72. The lowest BCUT2D eigenvalue weighted by molar-refractivity contribution is -0.281. The van der Waals surface area contributed by atoms with Crippen molar-refractivity contribution in [2.24, 2.45) is 0 Å². The largest absolute Gasteiger partial charge is 0.405 e. The van der Waals surface area contributed by atoms with Crippen LogP contribution in [0.25, 0.3) is 0 Å². The summed E-state index contributed by atoms with van der Waals surface area (Å²) in [6.07, 6.45) is -6.44. The normalized spacial score (nSPS) is 22.8. The first-order valence-corrected chi connectivity index (χ1v) is 19.9. The first-order valence-electron chi connectivity index (χ1n) is 16.1. The molecule has 0 radical (unpaired) electrons. The monoisotopic (exact) mass is 656 g/mol. The van der Waals surface area contributed by atoms with E-state index in [1.54, 1.807) is 0 Å². The summed E-state index contributed by atoms with van der Waals surface area (Å²) in [5.74, 6) is 0. The van der Waals surface area contributed by atoms with E-state index in [2.05, 4.69) is 65.8 Å². The predicted octanol–water partition coefficient (Wildman–Crippen LogP) is 3.95. The number of rotatable bonds is 9. The molecule has 0 saturated carbocycles. The van der Waals surface area contributed by atoms with Gasteiger partial charge in [0, 0.05) is 0 Å². The van der Waals surface area contributed by atoms with Gasteiger partial charge in [-0.05, 0) is 30.8 Å². The highest BCUT2D eigenvalue weighted by atomic mass is 28.4. The number of benzene rings is 4. The van der Waals surface area contributed by atoms with Crippen LogP contribution in [0.15, 0.2) is 121 Å². The fourth-order valence-electron chi connectivity index (χ4n) is 7.05. The molecular weight excluding hydrogens is 609 g/mol. The van der Waals surface area contributed by atoms with Gasteiger partial charge in [0.1, 0.15) is 24.4 Å². The van der Waals surface area contributed by atoms with Crippen LogP contribution in [0.3, 0.4) is 0 Å². The Morgan fingerprint density at radius 1 is 0.543 bits per heavy atom. The van der Waals surface area contributed by atoms with E-state index in [4.69, 9.17) is 13.6 Å². The lowest BCUT2D eigenvalue weighted by atomic mass is 9.99. The van der Waals surface area contributed by atoms with Crippen molar-refractivity contribution in [3.05, 3.63) is 121 Å². The molecule has 6 nitrogen and oxygen atoms in total. The number of ether oxygens (including phenoxy) is 1. The van der Waals surface area contributed by atoms with E-state index >= 15 is 0 Å². The highest BCUT2D eigenvalue weighted by Gasteiger charge is 2.57. The van der Waals surface area contributed by atoms with Gasteiger partial charge < -0.3 is 28.9 Å². The molecule has 3 N–H and O–H groups in total. The first kappa shape index (κ1) is 34.4. The molecule has 4 aromatic rings. The quantitative estimate of drug-likeness (QED) is 0.237. The number of aliphatic hydroxyl groups excluding tert-OH is 3. The molecule has 1 heterocycles. The topological polar surface area (TPSA) is 88.4 Å². The van der Waals surface area contributed by atoms with Crippen LogP contribution >= 0.6 is 0 Å². The summed E-state index contributed by atoms with van der Waals surface area (Å²) in [6.45, 7) is 12.9. The molecule has 5 rings (SSSR count). The SMILES string of the molecule is CC(C)(C)[Si](OC[C@H]1O[C@H](O)[C@H](O[Si](c2ccccc2)(c2ccccc2)C(C)(C)C)[C@@H](O)[C@@H]1O)(c1ccccc1)c1ccccc1. The molecule has 8 heteroatoms. The van der Waals surface area contributed by atoms with E-state index in [-0.39, 0.29) is 11.6 Å². The van der Waals surface area contributed by atoms with Crippen molar-refractivity contribution in [1.82, 2.24) is 0 Å². The fourth-order valence-corrected chi connectivity index (χ4v) is 16.3. The van der Waals surface area contributed by atoms with Crippen molar-refractivity contribution in [1.29, 1.82) is 0 Å². The Kier molecular flexibility index (Phi) is 10.2. The number of aliphatic hydroxyl groups is 3. The molecule has 0 unspecified atom stereocenters. The molecular formula is C38H48O6Si2. The highest BCUT2D eigenvalue weighted by molar-refractivity contribution is 7.00. The first-order chi connectivity index (χ1) is 21.8. The van der Waals surface area contributed by atoms with E-state index in [1.807, 2.05) is 97.1 Å². The fraction of sp³-hybridized carbons (Fsp3) is 0.368. The van der Waals surface area contributed by atoms with Gasteiger partial charge in [0.15, 0.2) is 6.29 Å². The zero-order chi connectivity index (χ0) is 33.2. The summed E-state index contributed by atoms with van der Waals surface area (Å²) in [4.78, 5) is 0. The van der Waals surface area contributed by atoms with Gasteiger partial charge in [-0.3, -0.25) is 0 Å². The maximum Gasteiger partial charge on any atom is 0.261 e. The van der Waals surface area contributed by atoms with Gasteiger partial charge in [0.2, 0.25) is 0 Å². The second kappa shape index (κ2) is 13.7. The third-order valence-electron chi connectivity index (χ3n) is 9.27. The van der Waals surface area contributed by atoms with E-state index < -0.39 is 52.4 Å². The molecule has 0 aliphatic carbocycles.